The van der Waals surface area contributed by atoms with E-state index >= 15 is 0 Å². The molecule has 0 spiro atoms. The third kappa shape index (κ3) is 2.43. The summed E-state index contributed by atoms with van der Waals surface area (Å²) in [7, 11) is 0. The number of nitrogens with zero attached hydrogens (tertiary/aromatic N) is 2. The number of carboxylic acids is 1. The van der Waals surface area contributed by atoms with Crippen molar-refractivity contribution in [2.75, 3.05) is 18.0 Å². The van der Waals surface area contributed by atoms with Gasteiger partial charge in [-0.15, -0.1) is 0 Å². The molecule has 0 bridgehead atoms. The van der Waals surface area contributed by atoms with Gasteiger partial charge in [0.2, 0.25) is 0 Å². The predicted molar refractivity (Wildman–Crippen MR) is 79.3 cm³/mol. The van der Waals surface area contributed by atoms with Gasteiger partial charge in [-0.05, 0) is 37.1 Å². The maximum absolute atomic E-state index is 11.2. The second kappa shape index (κ2) is 5.29. The van der Waals surface area contributed by atoms with E-state index in [1.54, 1.807) is 6.20 Å². The van der Waals surface area contributed by atoms with Crippen LogP contribution in [-0.2, 0) is 4.79 Å². The Bertz CT molecular complexity index is 659. The zero-order chi connectivity index (χ0) is 14.1. The van der Waals surface area contributed by atoms with E-state index in [9.17, 15) is 9.90 Å². The first-order chi connectivity index (χ1) is 9.65. The van der Waals surface area contributed by atoms with Crippen molar-refractivity contribution in [2.24, 2.45) is 5.92 Å². The number of hydrogen-bond acceptors (Lipinski definition) is 3. The zero-order valence-electron chi connectivity index (χ0n) is 10.9. The third-order valence-corrected chi connectivity index (χ3v) is 4.03. The van der Waals surface area contributed by atoms with Gasteiger partial charge in [0, 0.05) is 35.4 Å². The molecule has 2 heterocycles. The molecule has 0 saturated carbocycles. The van der Waals surface area contributed by atoms with Gasteiger partial charge < -0.3 is 10.0 Å². The molecule has 1 unspecified atom stereocenters. The van der Waals surface area contributed by atoms with E-state index in [0.29, 0.717) is 11.6 Å². The highest BCUT2D eigenvalue weighted by Crippen LogP contribution is 2.30. The fraction of sp³-hybridized carbons (Fsp3) is 0.333. The summed E-state index contributed by atoms with van der Waals surface area (Å²) in [5.74, 6) is -1.00. The van der Waals surface area contributed by atoms with Gasteiger partial charge in [0.25, 0.3) is 0 Å². The molecule has 1 N–H and O–H groups in total. The molecule has 104 valence electrons. The highest BCUT2D eigenvalue weighted by Gasteiger charge is 2.26. The highest BCUT2D eigenvalue weighted by molar-refractivity contribution is 6.31. The summed E-state index contributed by atoms with van der Waals surface area (Å²) in [6, 6.07) is 7.57. The average molecular weight is 291 g/mol. The first kappa shape index (κ1) is 13.2. The molecule has 1 saturated heterocycles. The quantitative estimate of drug-likeness (QED) is 0.923. The smallest absolute Gasteiger partial charge is 0.308 e. The zero-order valence-corrected chi connectivity index (χ0v) is 11.7. The predicted octanol–water partition coefficient (Wildman–Crippen LogP) is 3.19. The molecule has 0 amide bonds. The number of carboxylic acid groups (broad SMARTS) is 1. The lowest BCUT2D eigenvalue weighted by Gasteiger charge is -2.33. The Labute approximate surface area is 122 Å². The number of pyridine rings is 1. The molecule has 0 radical (unpaired) electrons. The molecule has 1 fully saturated rings. The normalized spacial score (nSPS) is 19.2. The van der Waals surface area contributed by atoms with Crippen LogP contribution < -0.4 is 4.90 Å². The Morgan fingerprint density at radius 2 is 2.25 bits per heavy atom. The van der Waals surface area contributed by atoms with E-state index in [-0.39, 0.29) is 5.92 Å². The van der Waals surface area contributed by atoms with E-state index < -0.39 is 5.97 Å². The molecule has 1 aromatic carbocycles. The average Bonchev–Trinajstić information content (AvgIpc) is 2.46. The SMILES string of the molecule is O=C(O)C1CCCN(c2ccnc3cc(Cl)ccc23)C1. The fourth-order valence-electron chi connectivity index (χ4n) is 2.78. The van der Waals surface area contributed by atoms with E-state index in [2.05, 4.69) is 9.88 Å². The summed E-state index contributed by atoms with van der Waals surface area (Å²) >= 11 is 5.99. The van der Waals surface area contributed by atoms with Crippen LogP contribution in [0.1, 0.15) is 12.8 Å². The van der Waals surface area contributed by atoms with Crippen molar-refractivity contribution in [1.29, 1.82) is 0 Å². The third-order valence-electron chi connectivity index (χ3n) is 3.79. The van der Waals surface area contributed by atoms with Gasteiger partial charge >= 0.3 is 5.97 Å². The number of benzene rings is 1. The van der Waals surface area contributed by atoms with Crippen molar-refractivity contribution in [1.82, 2.24) is 4.98 Å². The number of fused-ring (bicyclic) bond motifs is 1. The van der Waals surface area contributed by atoms with Crippen molar-refractivity contribution in [3.05, 3.63) is 35.5 Å². The first-order valence-corrected chi connectivity index (χ1v) is 7.05. The van der Waals surface area contributed by atoms with Crippen molar-refractivity contribution >= 4 is 34.2 Å². The van der Waals surface area contributed by atoms with E-state index in [1.165, 1.54) is 0 Å². The van der Waals surface area contributed by atoms with Crippen LogP contribution in [0.4, 0.5) is 5.69 Å². The lowest BCUT2D eigenvalue weighted by atomic mass is 9.97. The number of piperidine rings is 1. The van der Waals surface area contributed by atoms with Gasteiger partial charge in [0.1, 0.15) is 0 Å². The van der Waals surface area contributed by atoms with E-state index in [0.717, 1.165) is 36.0 Å². The number of carbonyl (C=O) groups is 1. The summed E-state index contributed by atoms with van der Waals surface area (Å²) in [5.41, 5.74) is 1.88. The van der Waals surface area contributed by atoms with Crippen LogP contribution in [0.5, 0.6) is 0 Å². The minimum Gasteiger partial charge on any atom is -0.481 e. The minimum atomic E-state index is -0.712. The first-order valence-electron chi connectivity index (χ1n) is 6.67. The Morgan fingerprint density at radius 1 is 1.40 bits per heavy atom. The molecule has 1 aliphatic heterocycles. The molecular weight excluding hydrogens is 276 g/mol. The molecular formula is C15H15ClN2O2. The van der Waals surface area contributed by atoms with Crippen LogP contribution in [0.3, 0.4) is 0 Å². The second-order valence-electron chi connectivity index (χ2n) is 5.11. The number of aromatic nitrogens is 1. The topological polar surface area (TPSA) is 53.4 Å². The van der Waals surface area contributed by atoms with Crippen LogP contribution in [0.15, 0.2) is 30.5 Å². The maximum atomic E-state index is 11.2. The minimum absolute atomic E-state index is 0.292. The number of halogens is 1. The van der Waals surface area contributed by atoms with Gasteiger partial charge in [0.05, 0.1) is 11.4 Å². The molecule has 0 aliphatic carbocycles. The Balaban J connectivity index is 1.99. The summed E-state index contributed by atoms with van der Waals surface area (Å²) < 4.78 is 0. The van der Waals surface area contributed by atoms with E-state index in [1.807, 2.05) is 24.3 Å². The van der Waals surface area contributed by atoms with Crippen LogP contribution in [0.25, 0.3) is 10.9 Å². The van der Waals surface area contributed by atoms with Gasteiger partial charge in [0.15, 0.2) is 0 Å². The molecule has 1 atom stereocenters. The van der Waals surface area contributed by atoms with Crippen LogP contribution in [0.2, 0.25) is 5.02 Å². The Morgan fingerprint density at radius 3 is 3.05 bits per heavy atom. The van der Waals surface area contributed by atoms with Gasteiger partial charge in [-0.1, -0.05) is 11.6 Å². The molecule has 2 aromatic rings. The molecule has 1 aromatic heterocycles. The van der Waals surface area contributed by atoms with Crippen molar-refractivity contribution < 1.29 is 9.90 Å². The molecule has 3 rings (SSSR count). The molecule has 20 heavy (non-hydrogen) atoms. The monoisotopic (exact) mass is 290 g/mol. The number of rotatable bonds is 2. The number of hydrogen-bond donors (Lipinski definition) is 1. The Hall–Kier alpha value is -1.81. The Kier molecular flexibility index (Phi) is 3.49. The number of aliphatic carboxylic acids is 1. The summed E-state index contributed by atoms with van der Waals surface area (Å²) in [6.07, 6.45) is 3.40. The molecule has 5 heteroatoms. The maximum Gasteiger partial charge on any atom is 0.308 e. The van der Waals surface area contributed by atoms with Gasteiger partial charge in [-0.2, -0.15) is 0 Å². The van der Waals surface area contributed by atoms with Gasteiger partial charge in [-0.25, -0.2) is 0 Å². The molecule has 4 nitrogen and oxygen atoms in total. The summed E-state index contributed by atoms with van der Waals surface area (Å²) in [6.45, 7) is 1.43. The highest BCUT2D eigenvalue weighted by atomic mass is 35.5. The fourth-order valence-corrected chi connectivity index (χ4v) is 2.95. The summed E-state index contributed by atoms with van der Waals surface area (Å²) in [4.78, 5) is 17.6. The number of anilines is 1. The van der Waals surface area contributed by atoms with E-state index in [4.69, 9.17) is 11.6 Å². The van der Waals surface area contributed by atoms with Crippen molar-refractivity contribution in [2.45, 2.75) is 12.8 Å². The lowest BCUT2D eigenvalue weighted by molar-refractivity contribution is -0.141. The molecule has 1 aliphatic rings. The largest absolute Gasteiger partial charge is 0.481 e. The van der Waals surface area contributed by atoms with Crippen LogP contribution in [0, 0.1) is 5.92 Å². The van der Waals surface area contributed by atoms with Crippen molar-refractivity contribution in [3.63, 3.8) is 0 Å². The van der Waals surface area contributed by atoms with Gasteiger partial charge in [-0.3, -0.25) is 9.78 Å². The van der Waals surface area contributed by atoms with Crippen LogP contribution >= 0.6 is 11.6 Å². The van der Waals surface area contributed by atoms with Crippen molar-refractivity contribution in [3.8, 4) is 0 Å². The summed E-state index contributed by atoms with van der Waals surface area (Å²) in [5, 5.41) is 10.9. The van der Waals surface area contributed by atoms with Crippen LogP contribution in [-0.4, -0.2) is 29.1 Å². The lowest BCUT2D eigenvalue weighted by Crippen LogP contribution is -2.38. The second-order valence-corrected chi connectivity index (χ2v) is 5.55. The standard InChI is InChI=1S/C15H15ClN2O2/c16-11-3-4-12-13(8-11)17-6-5-14(12)18-7-1-2-10(9-18)15(19)20/h3-6,8,10H,1-2,7,9H2,(H,19,20).